The van der Waals surface area contributed by atoms with Crippen LogP contribution in [0.3, 0.4) is 0 Å². The molecule has 1 aromatic carbocycles. The number of hydrogen-bond acceptors (Lipinski definition) is 6. The fourth-order valence-electron chi connectivity index (χ4n) is 3.20. The molecule has 3 heterocycles. The first-order chi connectivity index (χ1) is 12.6. The molecule has 1 atom stereocenters. The monoisotopic (exact) mass is 357 g/mol. The number of rotatable bonds is 4. The van der Waals surface area contributed by atoms with Gasteiger partial charge in [0.2, 0.25) is 0 Å². The van der Waals surface area contributed by atoms with Gasteiger partial charge in [0.1, 0.15) is 12.0 Å². The molecule has 4 rings (SSSR count). The van der Waals surface area contributed by atoms with Gasteiger partial charge < -0.3 is 15.2 Å². The molecule has 26 heavy (non-hydrogen) atoms. The summed E-state index contributed by atoms with van der Waals surface area (Å²) in [5.74, 6) is 0.470. The highest BCUT2D eigenvalue weighted by molar-refractivity contribution is 5.82. The molecule has 1 unspecified atom stereocenters. The van der Waals surface area contributed by atoms with E-state index in [9.17, 15) is 9.50 Å². The van der Waals surface area contributed by atoms with Crippen molar-refractivity contribution in [1.29, 1.82) is 0 Å². The van der Waals surface area contributed by atoms with Crippen molar-refractivity contribution < 1.29 is 14.2 Å². The number of nitrogens with zero attached hydrogens (tertiary/aromatic N) is 4. The lowest BCUT2D eigenvalue weighted by molar-refractivity contribution is -0.0298. The lowest BCUT2D eigenvalue weighted by Crippen LogP contribution is -2.18. The topological polar surface area (TPSA) is 85.1 Å². The average Bonchev–Trinajstić information content (AvgIpc) is 3.06. The number of aryl methyl sites for hydroxylation is 1. The summed E-state index contributed by atoms with van der Waals surface area (Å²) < 4.78 is 21.5. The van der Waals surface area contributed by atoms with E-state index >= 15 is 0 Å². The van der Waals surface area contributed by atoms with Crippen molar-refractivity contribution in [3.8, 4) is 5.75 Å². The second kappa shape index (κ2) is 6.87. The minimum Gasteiger partial charge on any atom is -0.508 e. The third kappa shape index (κ3) is 3.20. The zero-order valence-corrected chi connectivity index (χ0v) is 14.4. The summed E-state index contributed by atoms with van der Waals surface area (Å²) in [4.78, 5) is 12.1. The molecule has 1 saturated heterocycles. The lowest BCUT2D eigenvalue weighted by Gasteiger charge is -2.23. The van der Waals surface area contributed by atoms with E-state index in [4.69, 9.17) is 4.74 Å². The van der Waals surface area contributed by atoms with Crippen LogP contribution >= 0.6 is 0 Å². The summed E-state index contributed by atoms with van der Waals surface area (Å²) in [5.41, 5.74) is 2.61. The zero-order chi connectivity index (χ0) is 18.1. The molecule has 1 aliphatic heterocycles. The molecular formula is C18H20FN5O2. The molecule has 8 heteroatoms. The summed E-state index contributed by atoms with van der Waals surface area (Å²) in [5, 5.41) is 13.0. The van der Waals surface area contributed by atoms with Gasteiger partial charge in [0, 0.05) is 18.7 Å². The predicted octanol–water partition coefficient (Wildman–Crippen LogP) is 3.29. The minimum absolute atomic E-state index is 0.176. The summed E-state index contributed by atoms with van der Waals surface area (Å²) in [6, 6.07) is 5.33. The highest BCUT2D eigenvalue weighted by Gasteiger charge is 2.21. The molecule has 1 aliphatic rings. The summed E-state index contributed by atoms with van der Waals surface area (Å²) in [7, 11) is 0. The van der Waals surface area contributed by atoms with Gasteiger partial charge >= 0.3 is 6.08 Å². The van der Waals surface area contributed by atoms with Crippen LogP contribution in [0.15, 0.2) is 24.5 Å². The Morgan fingerprint density at radius 1 is 1.35 bits per heavy atom. The van der Waals surface area contributed by atoms with E-state index in [1.54, 1.807) is 17.0 Å². The largest absolute Gasteiger partial charge is 0.508 e. The molecule has 2 N–H and O–H groups in total. The maximum absolute atomic E-state index is 14.0. The smallest absolute Gasteiger partial charge is 0.312 e. The van der Waals surface area contributed by atoms with Crippen LogP contribution in [0.5, 0.6) is 5.75 Å². The Morgan fingerprint density at radius 3 is 3.04 bits per heavy atom. The second-order valence-corrected chi connectivity index (χ2v) is 6.47. The number of anilines is 1. The van der Waals surface area contributed by atoms with E-state index in [-0.39, 0.29) is 12.0 Å². The SMILES string of the molecule is Cc1ccc(O)c(CNc2nc(F)nc3c2ncn3C2CCCCO2)c1. The number of hydrogen-bond donors (Lipinski definition) is 2. The van der Waals surface area contributed by atoms with Crippen molar-refractivity contribution in [2.24, 2.45) is 0 Å². The predicted molar refractivity (Wildman–Crippen MR) is 94.3 cm³/mol. The molecule has 1 fully saturated rings. The van der Waals surface area contributed by atoms with Crippen LogP contribution in [0, 0.1) is 13.0 Å². The Bertz CT molecular complexity index is 937. The van der Waals surface area contributed by atoms with Gasteiger partial charge in [0.05, 0.1) is 6.33 Å². The fraction of sp³-hybridized carbons (Fsp3) is 0.389. The Labute approximate surface area is 149 Å². The van der Waals surface area contributed by atoms with Crippen LogP contribution in [-0.4, -0.2) is 31.2 Å². The van der Waals surface area contributed by atoms with Crippen LogP contribution in [0.4, 0.5) is 10.2 Å². The van der Waals surface area contributed by atoms with E-state index in [1.807, 2.05) is 19.1 Å². The summed E-state index contributed by atoms with van der Waals surface area (Å²) in [6.07, 6.45) is 3.53. The van der Waals surface area contributed by atoms with Crippen molar-refractivity contribution in [3.63, 3.8) is 0 Å². The molecular weight excluding hydrogens is 337 g/mol. The number of phenols is 1. The van der Waals surface area contributed by atoms with Crippen molar-refractivity contribution in [2.75, 3.05) is 11.9 Å². The first-order valence-electron chi connectivity index (χ1n) is 8.66. The maximum atomic E-state index is 14.0. The van der Waals surface area contributed by atoms with Crippen LogP contribution < -0.4 is 5.32 Å². The molecule has 0 amide bonds. The number of phenolic OH excluding ortho intramolecular Hbond substituents is 1. The van der Waals surface area contributed by atoms with Crippen LogP contribution in [0.2, 0.25) is 0 Å². The Hall–Kier alpha value is -2.74. The second-order valence-electron chi connectivity index (χ2n) is 6.47. The molecule has 0 aliphatic carbocycles. The van der Waals surface area contributed by atoms with Crippen molar-refractivity contribution in [1.82, 2.24) is 19.5 Å². The van der Waals surface area contributed by atoms with Crippen LogP contribution in [-0.2, 0) is 11.3 Å². The number of aromatic hydroxyl groups is 1. The summed E-state index contributed by atoms with van der Waals surface area (Å²) >= 11 is 0. The standard InChI is InChI=1S/C18H20FN5O2/c1-11-5-6-13(25)12(8-11)9-20-16-15-17(23-18(19)22-16)24(10-21-15)14-4-2-3-7-26-14/h5-6,8,10,14,25H,2-4,7,9H2,1H3,(H,20,22,23). The Balaban J connectivity index is 1.65. The molecule has 0 saturated carbocycles. The van der Waals surface area contributed by atoms with Gasteiger partial charge in [-0.15, -0.1) is 0 Å². The number of ether oxygens (including phenoxy) is 1. The van der Waals surface area contributed by atoms with Crippen molar-refractivity contribution >= 4 is 17.0 Å². The average molecular weight is 357 g/mol. The summed E-state index contributed by atoms with van der Waals surface area (Å²) in [6.45, 7) is 2.92. The van der Waals surface area contributed by atoms with Crippen LogP contribution in [0.25, 0.3) is 11.2 Å². The first kappa shape index (κ1) is 16.7. The van der Waals surface area contributed by atoms with Gasteiger partial charge in [0.15, 0.2) is 17.0 Å². The maximum Gasteiger partial charge on any atom is 0.312 e. The molecule has 7 nitrogen and oxygen atoms in total. The molecule has 0 spiro atoms. The Morgan fingerprint density at radius 2 is 2.23 bits per heavy atom. The quantitative estimate of drug-likeness (QED) is 0.697. The molecule has 0 radical (unpaired) electrons. The van der Waals surface area contributed by atoms with Crippen molar-refractivity contribution in [2.45, 2.75) is 39.0 Å². The first-order valence-corrected chi connectivity index (χ1v) is 8.66. The van der Waals surface area contributed by atoms with Crippen molar-refractivity contribution in [3.05, 3.63) is 41.7 Å². The van der Waals surface area contributed by atoms with E-state index in [0.29, 0.717) is 35.7 Å². The van der Waals surface area contributed by atoms with E-state index in [2.05, 4.69) is 20.3 Å². The normalized spacial score (nSPS) is 17.5. The third-order valence-corrected chi connectivity index (χ3v) is 4.54. The highest BCUT2D eigenvalue weighted by Crippen LogP contribution is 2.28. The van der Waals surface area contributed by atoms with E-state index < -0.39 is 6.08 Å². The number of imidazole rings is 1. The number of halogens is 1. The molecule has 2 aromatic heterocycles. The zero-order valence-electron chi connectivity index (χ0n) is 14.4. The fourth-order valence-corrected chi connectivity index (χ4v) is 3.20. The van der Waals surface area contributed by atoms with Gasteiger partial charge in [-0.3, -0.25) is 4.57 Å². The Kier molecular flexibility index (Phi) is 4.42. The van der Waals surface area contributed by atoms with Gasteiger partial charge in [-0.25, -0.2) is 4.98 Å². The van der Waals surface area contributed by atoms with Gasteiger partial charge in [-0.2, -0.15) is 14.4 Å². The third-order valence-electron chi connectivity index (χ3n) is 4.54. The van der Waals surface area contributed by atoms with Crippen LogP contribution in [0.1, 0.15) is 36.6 Å². The van der Waals surface area contributed by atoms with E-state index in [1.165, 1.54) is 0 Å². The molecule has 0 bridgehead atoms. The number of fused-ring (bicyclic) bond motifs is 1. The molecule has 3 aromatic rings. The lowest BCUT2D eigenvalue weighted by atomic mass is 10.1. The number of benzene rings is 1. The molecule has 136 valence electrons. The number of nitrogens with one attached hydrogen (secondary N) is 1. The minimum atomic E-state index is -0.828. The van der Waals surface area contributed by atoms with Gasteiger partial charge in [-0.1, -0.05) is 17.7 Å². The highest BCUT2D eigenvalue weighted by atomic mass is 19.1. The number of aromatic nitrogens is 4. The van der Waals surface area contributed by atoms with Gasteiger partial charge in [-0.05, 0) is 32.3 Å². The van der Waals surface area contributed by atoms with Gasteiger partial charge in [0.25, 0.3) is 0 Å². The van der Waals surface area contributed by atoms with E-state index in [0.717, 1.165) is 24.8 Å².